The van der Waals surface area contributed by atoms with Gasteiger partial charge in [-0.15, -0.1) is 0 Å². The van der Waals surface area contributed by atoms with E-state index in [1.165, 1.54) is 10.9 Å². The number of aryl methyl sites for hydroxylation is 2. The predicted octanol–water partition coefficient (Wildman–Crippen LogP) is 3.51. The third-order valence-corrected chi connectivity index (χ3v) is 6.26. The number of nitrogens with two attached hydrogens (primary N) is 2. The molecule has 37 heavy (non-hydrogen) atoms. The first kappa shape index (κ1) is 24.0. The standard InChI is InChI=1S/C28H27N7O2/c1-34-16-23(24-25(30)31-17-32-26(24)34)19-9-11-20(12-10-19)33-27(36)22-14-18(6-5-13-29)15-35(28(22)37)21-7-3-2-4-8-21/h2-4,7-12,14-17H,5-6,13,29H2,1H3,(H,33,36)(H2,30,31,32). The van der Waals surface area contributed by atoms with Gasteiger partial charge < -0.3 is 21.4 Å². The van der Waals surface area contributed by atoms with Crippen molar-refractivity contribution in [2.45, 2.75) is 12.8 Å². The molecule has 9 nitrogen and oxygen atoms in total. The number of amides is 1. The van der Waals surface area contributed by atoms with E-state index in [1.807, 2.05) is 60.3 Å². The van der Waals surface area contributed by atoms with Crippen molar-refractivity contribution in [1.29, 1.82) is 0 Å². The first-order chi connectivity index (χ1) is 18.0. The van der Waals surface area contributed by atoms with Gasteiger partial charge in [-0.1, -0.05) is 30.3 Å². The molecule has 3 heterocycles. The molecule has 2 aromatic carbocycles. The van der Waals surface area contributed by atoms with Crippen LogP contribution in [0.25, 0.3) is 27.8 Å². The first-order valence-corrected chi connectivity index (χ1v) is 11.9. The number of hydrogen-bond acceptors (Lipinski definition) is 6. The fourth-order valence-electron chi connectivity index (χ4n) is 4.41. The van der Waals surface area contributed by atoms with E-state index in [-0.39, 0.29) is 11.1 Å². The van der Waals surface area contributed by atoms with Gasteiger partial charge in [0.1, 0.15) is 23.4 Å². The third kappa shape index (κ3) is 4.72. The molecular formula is C28H27N7O2. The number of aromatic nitrogens is 4. The van der Waals surface area contributed by atoms with Crippen molar-refractivity contribution in [1.82, 2.24) is 19.1 Å². The van der Waals surface area contributed by atoms with E-state index in [4.69, 9.17) is 11.5 Å². The number of nitrogens with zero attached hydrogens (tertiary/aromatic N) is 4. The summed E-state index contributed by atoms with van der Waals surface area (Å²) in [5.74, 6) is -0.0676. The molecule has 186 valence electrons. The number of carbonyl (C=O) groups excluding carboxylic acids is 1. The highest BCUT2D eigenvalue weighted by atomic mass is 16.2. The molecule has 0 unspecified atom stereocenters. The van der Waals surface area contributed by atoms with Crippen LogP contribution in [-0.4, -0.2) is 31.6 Å². The molecule has 0 saturated heterocycles. The van der Waals surface area contributed by atoms with Crippen LogP contribution < -0.4 is 22.3 Å². The SMILES string of the molecule is Cn1cc(-c2ccc(NC(=O)c3cc(CCCN)cn(-c4ccccc4)c3=O)cc2)c2c(N)ncnc21. The summed E-state index contributed by atoms with van der Waals surface area (Å²) in [6.45, 7) is 0.521. The number of benzene rings is 2. The summed E-state index contributed by atoms with van der Waals surface area (Å²) >= 11 is 0. The molecule has 0 aliphatic heterocycles. The maximum atomic E-state index is 13.3. The summed E-state index contributed by atoms with van der Waals surface area (Å²) < 4.78 is 3.41. The number of para-hydroxylation sites is 1. The van der Waals surface area contributed by atoms with Crippen LogP contribution in [-0.2, 0) is 13.5 Å². The first-order valence-electron chi connectivity index (χ1n) is 11.9. The van der Waals surface area contributed by atoms with Crippen LogP contribution in [0.3, 0.4) is 0 Å². The Kier molecular flexibility index (Phi) is 6.53. The average Bonchev–Trinajstić information content (AvgIpc) is 3.26. The number of nitrogen functional groups attached to an aromatic ring is 1. The molecule has 0 aliphatic carbocycles. The quantitative estimate of drug-likeness (QED) is 0.318. The van der Waals surface area contributed by atoms with Gasteiger partial charge >= 0.3 is 0 Å². The normalized spacial score (nSPS) is 11.1. The number of carbonyl (C=O) groups is 1. The lowest BCUT2D eigenvalue weighted by Crippen LogP contribution is -2.28. The zero-order chi connectivity index (χ0) is 25.9. The van der Waals surface area contributed by atoms with Crippen molar-refractivity contribution in [3.8, 4) is 16.8 Å². The highest BCUT2D eigenvalue weighted by molar-refractivity contribution is 6.05. The molecule has 0 fully saturated rings. The molecule has 0 saturated carbocycles. The van der Waals surface area contributed by atoms with Gasteiger partial charge in [0.05, 0.1) is 5.39 Å². The van der Waals surface area contributed by atoms with E-state index in [1.54, 1.807) is 24.4 Å². The number of hydrogen-bond donors (Lipinski definition) is 3. The van der Waals surface area contributed by atoms with Crippen molar-refractivity contribution < 1.29 is 4.79 Å². The van der Waals surface area contributed by atoms with E-state index < -0.39 is 5.91 Å². The van der Waals surface area contributed by atoms with Crippen molar-refractivity contribution in [3.63, 3.8) is 0 Å². The van der Waals surface area contributed by atoms with Crippen LogP contribution in [0.2, 0.25) is 0 Å². The van der Waals surface area contributed by atoms with Gasteiger partial charge in [0, 0.05) is 36.4 Å². The monoisotopic (exact) mass is 493 g/mol. The van der Waals surface area contributed by atoms with Gasteiger partial charge in [0.25, 0.3) is 11.5 Å². The van der Waals surface area contributed by atoms with E-state index in [0.717, 1.165) is 34.1 Å². The van der Waals surface area contributed by atoms with Crippen LogP contribution in [0.5, 0.6) is 0 Å². The molecule has 0 aliphatic rings. The van der Waals surface area contributed by atoms with E-state index in [9.17, 15) is 9.59 Å². The van der Waals surface area contributed by atoms with Gasteiger partial charge in [0.15, 0.2) is 0 Å². The molecule has 0 atom stereocenters. The highest BCUT2D eigenvalue weighted by Crippen LogP contribution is 2.32. The minimum Gasteiger partial charge on any atom is -0.383 e. The number of pyridine rings is 1. The number of anilines is 2. The Labute approximate surface area is 213 Å². The van der Waals surface area contributed by atoms with Gasteiger partial charge in [-0.05, 0) is 60.8 Å². The van der Waals surface area contributed by atoms with E-state index >= 15 is 0 Å². The van der Waals surface area contributed by atoms with Crippen LogP contribution in [0.4, 0.5) is 11.5 Å². The molecule has 0 radical (unpaired) electrons. The molecule has 5 N–H and O–H groups in total. The van der Waals surface area contributed by atoms with Crippen LogP contribution in [0.15, 0.2) is 84.2 Å². The number of rotatable bonds is 7. The Morgan fingerprint density at radius 1 is 1.03 bits per heavy atom. The second-order valence-corrected chi connectivity index (χ2v) is 8.81. The lowest BCUT2D eigenvalue weighted by Gasteiger charge is -2.12. The lowest BCUT2D eigenvalue weighted by molar-refractivity contribution is 0.102. The predicted molar refractivity (Wildman–Crippen MR) is 146 cm³/mol. The summed E-state index contributed by atoms with van der Waals surface area (Å²) in [7, 11) is 1.90. The van der Waals surface area contributed by atoms with Crippen molar-refractivity contribution >= 4 is 28.4 Å². The van der Waals surface area contributed by atoms with Gasteiger partial charge in [0.2, 0.25) is 0 Å². The van der Waals surface area contributed by atoms with Crippen molar-refractivity contribution in [2.75, 3.05) is 17.6 Å². The molecule has 5 aromatic rings. The summed E-state index contributed by atoms with van der Waals surface area (Å²) in [4.78, 5) is 34.9. The molecule has 9 heteroatoms. The molecule has 1 amide bonds. The molecule has 0 spiro atoms. The summed E-state index contributed by atoms with van der Waals surface area (Å²) in [5, 5.41) is 3.64. The summed E-state index contributed by atoms with van der Waals surface area (Å²) in [6, 6.07) is 18.3. The van der Waals surface area contributed by atoms with E-state index in [2.05, 4.69) is 15.3 Å². The molecular weight excluding hydrogens is 466 g/mol. The number of fused-ring (bicyclic) bond motifs is 1. The maximum Gasteiger partial charge on any atom is 0.267 e. The minimum absolute atomic E-state index is 0.0708. The Hall–Kier alpha value is -4.76. The van der Waals surface area contributed by atoms with Crippen LogP contribution in [0, 0.1) is 0 Å². The van der Waals surface area contributed by atoms with Gasteiger partial charge in [-0.2, -0.15) is 0 Å². The Morgan fingerprint density at radius 3 is 2.51 bits per heavy atom. The smallest absolute Gasteiger partial charge is 0.267 e. The second kappa shape index (κ2) is 10.1. The average molecular weight is 494 g/mol. The van der Waals surface area contributed by atoms with Gasteiger partial charge in [-0.3, -0.25) is 14.2 Å². The van der Waals surface area contributed by atoms with Crippen LogP contribution >= 0.6 is 0 Å². The fraction of sp³-hybridized carbons (Fsp3) is 0.143. The summed E-state index contributed by atoms with van der Waals surface area (Å²) in [5.41, 5.74) is 16.2. The topological polar surface area (TPSA) is 134 Å². The lowest BCUT2D eigenvalue weighted by atomic mass is 10.1. The zero-order valence-corrected chi connectivity index (χ0v) is 20.4. The number of nitrogens with one attached hydrogen (secondary N) is 1. The molecule has 0 bridgehead atoms. The van der Waals surface area contributed by atoms with Crippen LogP contribution in [0.1, 0.15) is 22.3 Å². The maximum absolute atomic E-state index is 13.3. The fourth-order valence-corrected chi connectivity index (χ4v) is 4.41. The minimum atomic E-state index is -0.472. The highest BCUT2D eigenvalue weighted by Gasteiger charge is 2.17. The molecule has 5 rings (SSSR count). The molecule has 3 aromatic heterocycles. The summed E-state index contributed by atoms with van der Waals surface area (Å²) in [6.07, 6.45) is 6.58. The Morgan fingerprint density at radius 2 is 1.78 bits per heavy atom. The van der Waals surface area contributed by atoms with Crippen molar-refractivity contribution in [2.24, 2.45) is 12.8 Å². The van der Waals surface area contributed by atoms with Crippen molar-refractivity contribution in [3.05, 3.63) is 101 Å². The zero-order valence-electron chi connectivity index (χ0n) is 20.4. The van der Waals surface area contributed by atoms with E-state index in [0.29, 0.717) is 30.2 Å². The largest absolute Gasteiger partial charge is 0.383 e. The Balaban J connectivity index is 1.45. The third-order valence-electron chi connectivity index (χ3n) is 6.26. The second-order valence-electron chi connectivity index (χ2n) is 8.81. The Bertz CT molecular complexity index is 1640. The van der Waals surface area contributed by atoms with Gasteiger partial charge in [-0.25, -0.2) is 9.97 Å².